The first kappa shape index (κ1) is 47.9. The first-order valence-electron chi connectivity index (χ1n) is 19.9. The Morgan fingerprint density at radius 2 is 1.50 bits per heavy atom. The fourth-order valence-electron chi connectivity index (χ4n) is 6.78. The number of nitrogens with zero attached hydrogens (tertiary/aromatic N) is 3. The molecule has 62 heavy (non-hydrogen) atoms. The molecule has 5 rings (SSSR count). The van der Waals surface area contributed by atoms with Crippen LogP contribution in [-0.4, -0.2) is 111 Å². The maximum absolute atomic E-state index is 16.3. The van der Waals surface area contributed by atoms with Crippen molar-refractivity contribution in [2.45, 2.75) is 77.7 Å². The van der Waals surface area contributed by atoms with Crippen LogP contribution in [0.1, 0.15) is 69.1 Å². The van der Waals surface area contributed by atoms with Crippen LogP contribution in [0.3, 0.4) is 0 Å². The lowest BCUT2D eigenvalue weighted by atomic mass is 10.1. The van der Waals surface area contributed by atoms with Gasteiger partial charge in [0.05, 0.1) is 18.1 Å². The molecule has 3 atom stereocenters. The van der Waals surface area contributed by atoms with Gasteiger partial charge in [0, 0.05) is 49.1 Å². The second-order valence-electron chi connectivity index (χ2n) is 15.6. The van der Waals surface area contributed by atoms with Crippen molar-refractivity contribution < 1.29 is 70.1 Å². The molecule has 1 N–H and O–H groups in total. The number of nitrogens with one attached hydrogen (secondary N) is 1. The van der Waals surface area contributed by atoms with Crippen molar-refractivity contribution in [1.29, 1.82) is 0 Å². The topological polar surface area (TPSA) is 197 Å². The molecule has 17 nitrogen and oxygen atoms in total. The molecule has 0 unspecified atom stereocenters. The number of alkyl halides is 2. The van der Waals surface area contributed by atoms with Crippen LogP contribution in [-0.2, 0) is 52.6 Å². The zero-order chi connectivity index (χ0) is 45.4. The SMILES string of the molecule is CC(=O)N1CC[C@H]2CC[C@@H](C(=O)N(C)c3ccccc3)N2C(=O)[C@@H](NC(=O)c2cc3cc(C(F)(F)P(=O)(OCOC(=O)OCC(C)C)OCOC(=O)OCC(C)C)ccc3s2)C1. The number of benzene rings is 2. The summed E-state index contributed by atoms with van der Waals surface area (Å²) in [6.45, 7) is 5.76. The molecule has 2 aliphatic rings. The highest BCUT2D eigenvalue weighted by Crippen LogP contribution is 2.67. The summed E-state index contributed by atoms with van der Waals surface area (Å²) in [7, 11) is -4.07. The predicted molar refractivity (Wildman–Crippen MR) is 221 cm³/mol. The molecule has 0 saturated carbocycles. The van der Waals surface area contributed by atoms with E-state index in [1.54, 1.807) is 59.0 Å². The summed E-state index contributed by atoms with van der Waals surface area (Å²) < 4.78 is 75.5. The number of hydrogen-bond donors (Lipinski definition) is 1. The Morgan fingerprint density at radius 3 is 2.08 bits per heavy atom. The number of rotatable bonds is 16. The van der Waals surface area contributed by atoms with Crippen molar-refractivity contribution in [3.8, 4) is 0 Å². The summed E-state index contributed by atoms with van der Waals surface area (Å²) in [4.78, 5) is 83.1. The number of thiophene rings is 1. The van der Waals surface area contributed by atoms with Gasteiger partial charge in [0.1, 0.15) is 12.1 Å². The Hall–Kier alpha value is -5.17. The van der Waals surface area contributed by atoms with Gasteiger partial charge < -0.3 is 39.0 Å². The number of carbonyl (C=O) groups excluding carboxylic acids is 6. The van der Waals surface area contributed by atoms with Crippen LogP contribution < -0.4 is 10.2 Å². The van der Waals surface area contributed by atoms with E-state index in [-0.39, 0.29) is 66.3 Å². The van der Waals surface area contributed by atoms with Crippen molar-refractivity contribution in [2.24, 2.45) is 11.8 Å². The Bertz CT molecular complexity index is 2120. The maximum atomic E-state index is 16.3. The van der Waals surface area contributed by atoms with Crippen molar-refractivity contribution >= 4 is 70.6 Å². The summed E-state index contributed by atoms with van der Waals surface area (Å²) in [5.41, 5.74) is -4.72. The summed E-state index contributed by atoms with van der Waals surface area (Å²) in [5, 5.41) is 2.83. The Kier molecular flexibility index (Phi) is 16.1. The zero-order valence-electron chi connectivity index (χ0n) is 35.2. The monoisotopic (exact) mass is 908 g/mol. The molecular weight excluding hydrogens is 858 g/mol. The normalized spacial score (nSPS) is 18.2. The van der Waals surface area contributed by atoms with Crippen LogP contribution in [0.25, 0.3) is 10.1 Å². The van der Waals surface area contributed by atoms with Gasteiger partial charge >= 0.3 is 25.6 Å². The van der Waals surface area contributed by atoms with E-state index in [2.05, 4.69) is 14.8 Å². The minimum Gasteiger partial charge on any atom is -0.434 e. The third-order valence-corrected chi connectivity index (χ3v) is 13.0. The number of fused-ring (bicyclic) bond motifs is 2. The van der Waals surface area contributed by atoms with Crippen LogP contribution in [0.15, 0.2) is 54.6 Å². The molecular formula is C41H51F2N4O13PS. The molecule has 0 bridgehead atoms. The van der Waals surface area contributed by atoms with E-state index in [0.717, 1.165) is 23.5 Å². The first-order chi connectivity index (χ1) is 29.3. The van der Waals surface area contributed by atoms with E-state index < -0.39 is 68.6 Å². The lowest BCUT2D eigenvalue weighted by Crippen LogP contribution is -2.61. The summed E-state index contributed by atoms with van der Waals surface area (Å²) in [6, 6.07) is 10.9. The standard InChI is InChI=1S/C41H51F2N4O13PS/c1-25(2)21-55-39(52)57-23-59-61(54,60-24-58-40(53)56-22-26(3)4)41(42,43)29-12-15-34-28(18-29)19-35(62-34)36(49)44-32-20-46(27(5)48)17-16-31-13-14-33(47(31)37(32)50)38(51)45(6)30-10-8-7-9-11-30/h7-12,15,18-19,25-26,31-33H,13-14,16-17,20-24H2,1-6H3,(H,44,49)/t31-,32+,33+/m1/s1. The van der Waals surface area contributed by atoms with Crippen LogP contribution >= 0.6 is 18.9 Å². The van der Waals surface area contributed by atoms with E-state index in [4.69, 9.17) is 18.5 Å². The third kappa shape index (κ3) is 11.6. The van der Waals surface area contributed by atoms with Crippen LogP contribution in [0.5, 0.6) is 0 Å². The smallest absolute Gasteiger partial charge is 0.434 e. The van der Waals surface area contributed by atoms with Gasteiger partial charge in [-0.15, -0.1) is 11.3 Å². The van der Waals surface area contributed by atoms with Crippen LogP contribution in [0.4, 0.5) is 24.1 Å². The number of ether oxygens (including phenoxy) is 4. The van der Waals surface area contributed by atoms with Crippen molar-refractivity contribution in [1.82, 2.24) is 15.1 Å². The maximum Gasteiger partial charge on any atom is 0.510 e. The molecule has 2 fully saturated rings. The quantitative estimate of drug-likeness (QED) is 0.0870. The van der Waals surface area contributed by atoms with E-state index in [9.17, 15) is 33.3 Å². The Balaban J connectivity index is 1.36. The number of halogens is 2. The highest BCUT2D eigenvalue weighted by molar-refractivity contribution is 7.54. The predicted octanol–water partition coefficient (Wildman–Crippen LogP) is 7.08. The molecule has 2 aliphatic heterocycles. The largest absolute Gasteiger partial charge is 0.510 e. The van der Waals surface area contributed by atoms with Crippen molar-refractivity contribution in [3.05, 3.63) is 65.0 Å². The second-order valence-corrected chi connectivity index (χ2v) is 18.8. The number of para-hydroxylation sites is 1. The molecule has 338 valence electrons. The average Bonchev–Trinajstić information content (AvgIpc) is 3.86. The molecule has 2 aromatic carbocycles. The summed E-state index contributed by atoms with van der Waals surface area (Å²) in [6.07, 6.45) is -1.24. The molecule has 4 amide bonds. The van der Waals surface area contributed by atoms with E-state index in [0.29, 0.717) is 29.6 Å². The molecule has 0 radical (unpaired) electrons. The van der Waals surface area contributed by atoms with Gasteiger partial charge in [-0.2, -0.15) is 8.78 Å². The molecule has 1 aromatic heterocycles. The summed E-state index contributed by atoms with van der Waals surface area (Å²) >= 11 is 0.915. The fraction of sp³-hybridized carbons (Fsp3) is 0.512. The van der Waals surface area contributed by atoms with Gasteiger partial charge in [-0.25, -0.2) is 9.59 Å². The van der Waals surface area contributed by atoms with Crippen molar-refractivity contribution in [2.75, 3.05) is 51.8 Å². The van der Waals surface area contributed by atoms with Gasteiger partial charge in [0.2, 0.25) is 31.3 Å². The van der Waals surface area contributed by atoms with Gasteiger partial charge in [-0.1, -0.05) is 52.0 Å². The highest BCUT2D eigenvalue weighted by atomic mass is 32.1. The van der Waals surface area contributed by atoms with Crippen LogP contribution in [0, 0.1) is 11.8 Å². The molecule has 21 heteroatoms. The molecule has 0 aliphatic carbocycles. The van der Waals surface area contributed by atoms with Gasteiger partial charge in [-0.3, -0.25) is 32.8 Å². The van der Waals surface area contributed by atoms with Gasteiger partial charge in [0.15, 0.2) is 0 Å². The first-order valence-corrected chi connectivity index (χ1v) is 22.3. The zero-order valence-corrected chi connectivity index (χ0v) is 36.9. The van der Waals surface area contributed by atoms with Crippen molar-refractivity contribution in [3.63, 3.8) is 0 Å². The number of hydrogen-bond acceptors (Lipinski definition) is 14. The van der Waals surface area contributed by atoms with E-state index >= 15 is 8.78 Å². The molecule has 0 spiro atoms. The minimum atomic E-state index is -5.70. The number of amides is 4. The number of anilines is 1. The average molecular weight is 909 g/mol. The molecule has 3 heterocycles. The third-order valence-electron chi connectivity index (χ3n) is 10.00. The molecule has 3 aromatic rings. The Morgan fingerprint density at radius 1 is 0.887 bits per heavy atom. The molecule has 2 saturated heterocycles. The van der Waals surface area contributed by atoms with Gasteiger partial charge in [0.25, 0.3) is 5.91 Å². The van der Waals surface area contributed by atoms with E-state index in [1.165, 1.54) is 33.8 Å². The fourth-order valence-corrected chi connectivity index (χ4v) is 8.97. The Labute approximate surface area is 361 Å². The minimum absolute atomic E-state index is 0.0106. The summed E-state index contributed by atoms with van der Waals surface area (Å²) in [5.74, 6) is -2.06. The lowest BCUT2D eigenvalue weighted by Gasteiger charge is -2.39. The lowest BCUT2D eigenvalue weighted by molar-refractivity contribution is -0.144. The number of likely N-dealkylation sites (N-methyl/N-ethyl adjacent to an activating group) is 1. The number of carbonyl (C=O) groups is 6. The van der Waals surface area contributed by atoms with Crippen LogP contribution in [0.2, 0.25) is 0 Å². The van der Waals surface area contributed by atoms with E-state index in [1.807, 2.05) is 6.07 Å². The second kappa shape index (κ2) is 20.8. The van der Waals surface area contributed by atoms with Gasteiger partial charge in [-0.05, 0) is 66.8 Å². The highest BCUT2D eigenvalue weighted by Gasteiger charge is 2.56.